The van der Waals surface area contributed by atoms with Gasteiger partial charge in [-0.1, -0.05) is 35.5 Å². The molecular weight excluding hydrogens is 422 g/mol. The van der Waals surface area contributed by atoms with E-state index >= 15 is 0 Å². The highest BCUT2D eigenvalue weighted by Crippen LogP contribution is 2.23. The van der Waals surface area contributed by atoms with Crippen molar-refractivity contribution < 1.29 is 22.5 Å². The Morgan fingerprint density at radius 1 is 1.06 bits per heavy atom. The largest absolute Gasteiger partial charge is 0.364 e. The van der Waals surface area contributed by atoms with Crippen molar-refractivity contribution in [3.63, 3.8) is 0 Å². The van der Waals surface area contributed by atoms with Gasteiger partial charge in [0.15, 0.2) is 11.5 Å². The third-order valence-corrected chi connectivity index (χ3v) is 7.05. The average Bonchev–Trinajstić information content (AvgIpc) is 3.41. The first-order valence-corrected chi connectivity index (χ1v) is 11.0. The first kappa shape index (κ1) is 20.8. The lowest BCUT2D eigenvalue weighted by molar-refractivity contribution is 0.0687. The monoisotopic (exact) mass is 443 g/mol. The molecule has 4 rings (SSSR count). The van der Waals surface area contributed by atoms with Crippen LogP contribution in [0, 0.1) is 0 Å². The lowest BCUT2D eigenvalue weighted by Crippen LogP contribution is -2.50. The van der Waals surface area contributed by atoms with Crippen LogP contribution in [-0.2, 0) is 17.1 Å². The number of nitrogens with two attached hydrogens (primary N) is 1. The summed E-state index contributed by atoms with van der Waals surface area (Å²) in [6.07, 6.45) is 1.35. The summed E-state index contributed by atoms with van der Waals surface area (Å²) in [6.45, 7) is 0.665. The van der Waals surface area contributed by atoms with E-state index in [1.165, 1.54) is 21.1 Å². The molecule has 0 bridgehead atoms. The maximum atomic E-state index is 12.9. The molecule has 2 N–H and O–H groups in total. The van der Waals surface area contributed by atoms with E-state index in [-0.39, 0.29) is 48.4 Å². The number of rotatable bonds is 5. The van der Waals surface area contributed by atoms with E-state index in [9.17, 15) is 18.0 Å². The number of sulfonamides is 1. The van der Waals surface area contributed by atoms with Crippen molar-refractivity contribution in [2.24, 2.45) is 12.8 Å². The molecule has 1 saturated heterocycles. The van der Waals surface area contributed by atoms with E-state index in [4.69, 9.17) is 10.3 Å². The van der Waals surface area contributed by atoms with Crippen LogP contribution in [0.15, 0.2) is 58.1 Å². The molecule has 3 heterocycles. The van der Waals surface area contributed by atoms with Crippen molar-refractivity contribution in [3.05, 3.63) is 60.0 Å². The predicted octanol–water partition coefficient (Wildman–Crippen LogP) is 0.926. The van der Waals surface area contributed by atoms with E-state index in [1.807, 2.05) is 30.3 Å². The SMILES string of the molecule is Cn1cc(S(=O)(=O)N2CCN(C(=O)c3cc(-c4ccccc4)on3)CC2)cc1C(N)=O. The van der Waals surface area contributed by atoms with E-state index < -0.39 is 15.9 Å². The minimum atomic E-state index is -3.81. The highest BCUT2D eigenvalue weighted by molar-refractivity contribution is 7.89. The summed E-state index contributed by atoms with van der Waals surface area (Å²) in [4.78, 5) is 25.7. The second kappa shape index (κ2) is 8.00. The van der Waals surface area contributed by atoms with Crippen molar-refractivity contribution >= 4 is 21.8 Å². The van der Waals surface area contributed by atoms with Crippen molar-refractivity contribution in [3.8, 4) is 11.3 Å². The number of aromatic nitrogens is 2. The Bertz CT molecular complexity index is 1220. The number of aryl methyl sites for hydroxylation is 1. The number of primary amides is 1. The molecule has 1 fully saturated rings. The first-order valence-electron chi connectivity index (χ1n) is 9.55. The van der Waals surface area contributed by atoms with Gasteiger partial charge in [-0.3, -0.25) is 9.59 Å². The van der Waals surface area contributed by atoms with Crippen LogP contribution >= 0.6 is 0 Å². The Labute approximate surface area is 178 Å². The number of amides is 2. The van der Waals surface area contributed by atoms with Crippen molar-refractivity contribution in [2.75, 3.05) is 26.2 Å². The van der Waals surface area contributed by atoms with Gasteiger partial charge in [0.2, 0.25) is 10.0 Å². The van der Waals surface area contributed by atoms with E-state index in [2.05, 4.69) is 5.16 Å². The molecule has 0 aliphatic carbocycles. The molecule has 0 atom stereocenters. The predicted molar refractivity (Wildman–Crippen MR) is 111 cm³/mol. The molecule has 1 aliphatic rings. The molecule has 0 radical (unpaired) electrons. The second-order valence-electron chi connectivity index (χ2n) is 7.17. The maximum Gasteiger partial charge on any atom is 0.276 e. The molecule has 0 unspecified atom stereocenters. The summed E-state index contributed by atoms with van der Waals surface area (Å²) < 4.78 is 33.8. The number of carbonyl (C=O) groups is 2. The van der Waals surface area contributed by atoms with Gasteiger partial charge >= 0.3 is 0 Å². The van der Waals surface area contributed by atoms with Crippen molar-refractivity contribution in [1.82, 2.24) is 18.9 Å². The molecular formula is C20H21N5O5S. The normalized spacial score (nSPS) is 15.2. The number of piperazine rings is 1. The number of carbonyl (C=O) groups excluding carboxylic acids is 2. The molecule has 0 spiro atoms. The molecule has 2 aromatic heterocycles. The van der Waals surface area contributed by atoms with E-state index in [0.29, 0.717) is 5.76 Å². The van der Waals surface area contributed by atoms with Gasteiger partial charge in [0, 0.05) is 51.1 Å². The van der Waals surface area contributed by atoms with E-state index in [0.717, 1.165) is 5.56 Å². The van der Waals surface area contributed by atoms with Gasteiger partial charge in [0.05, 0.1) is 0 Å². The van der Waals surface area contributed by atoms with Crippen LogP contribution < -0.4 is 5.73 Å². The summed E-state index contributed by atoms with van der Waals surface area (Å²) >= 11 is 0. The smallest absolute Gasteiger partial charge is 0.276 e. The fourth-order valence-corrected chi connectivity index (χ4v) is 4.97. The molecule has 10 nitrogen and oxygen atoms in total. The fourth-order valence-electron chi connectivity index (χ4n) is 3.48. The maximum absolute atomic E-state index is 12.9. The summed E-state index contributed by atoms with van der Waals surface area (Å²) in [5.41, 5.74) is 6.35. The zero-order valence-electron chi connectivity index (χ0n) is 16.8. The summed E-state index contributed by atoms with van der Waals surface area (Å²) in [7, 11) is -2.26. The molecule has 162 valence electrons. The lowest BCUT2D eigenvalue weighted by Gasteiger charge is -2.33. The molecule has 2 amide bonds. The Hall–Kier alpha value is -3.44. The van der Waals surface area contributed by atoms with Gasteiger partial charge in [-0.05, 0) is 6.07 Å². The highest BCUT2D eigenvalue weighted by atomic mass is 32.2. The standard InChI is InChI=1S/C20H21N5O5S/c1-23-13-15(11-17(23)19(21)26)31(28,29)25-9-7-24(8-10-25)20(27)16-12-18(30-22-16)14-5-3-2-4-6-14/h2-6,11-13H,7-10H2,1H3,(H2,21,26). The third-order valence-electron chi connectivity index (χ3n) is 5.18. The van der Waals surface area contributed by atoms with Gasteiger partial charge in [0.25, 0.3) is 11.8 Å². The summed E-state index contributed by atoms with van der Waals surface area (Å²) in [6, 6.07) is 12.1. The van der Waals surface area contributed by atoms with E-state index in [1.54, 1.807) is 18.0 Å². The quantitative estimate of drug-likeness (QED) is 0.624. The molecule has 0 saturated carbocycles. The average molecular weight is 443 g/mol. The zero-order valence-corrected chi connectivity index (χ0v) is 17.6. The number of hydrogen-bond donors (Lipinski definition) is 1. The Kier molecular flexibility index (Phi) is 5.38. The second-order valence-corrected chi connectivity index (χ2v) is 9.11. The van der Waals surface area contributed by atoms with Gasteiger partial charge in [-0.15, -0.1) is 0 Å². The number of hydrogen-bond acceptors (Lipinski definition) is 6. The van der Waals surface area contributed by atoms with Crippen molar-refractivity contribution in [2.45, 2.75) is 4.90 Å². The zero-order chi connectivity index (χ0) is 22.2. The van der Waals surface area contributed by atoms with Crippen LogP contribution in [-0.4, -0.2) is 65.3 Å². The third kappa shape index (κ3) is 3.97. The van der Waals surface area contributed by atoms with Gasteiger partial charge in [-0.2, -0.15) is 4.31 Å². The van der Waals surface area contributed by atoms with Crippen molar-refractivity contribution in [1.29, 1.82) is 0 Å². The van der Waals surface area contributed by atoms with Gasteiger partial charge in [-0.25, -0.2) is 8.42 Å². The van der Waals surface area contributed by atoms with Gasteiger partial charge in [0.1, 0.15) is 10.6 Å². The van der Waals surface area contributed by atoms with Crippen LogP contribution in [0.25, 0.3) is 11.3 Å². The van der Waals surface area contributed by atoms with Crippen LogP contribution in [0.1, 0.15) is 21.0 Å². The highest BCUT2D eigenvalue weighted by Gasteiger charge is 2.32. The van der Waals surface area contributed by atoms with Gasteiger partial charge < -0.3 is 19.7 Å². The fraction of sp³-hybridized carbons (Fsp3) is 0.250. The minimum absolute atomic E-state index is 0.00687. The topological polar surface area (TPSA) is 132 Å². The van der Waals surface area contributed by atoms with Crippen LogP contribution in [0.5, 0.6) is 0 Å². The first-order chi connectivity index (χ1) is 14.8. The van der Waals surface area contributed by atoms with Crippen LogP contribution in [0.2, 0.25) is 0 Å². The molecule has 3 aromatic rings. The Morgan fingerprint density at radius 2 is 1.74 bits per heavy atom. The number of nitrogens with zero attached hydrogens (tertiary/aromatic N) is 4. The summed E-state index contributed by atoms with van der Waals surface area (Å²) in [5.74, 6) is -0.542. The minimum Gasteiger partial charge on any atom is -0.364 e. The molecule has 11 heteroatoms. The molecule has 31 heavy (non-hydrogen) atoms. The molecule has 1 aromatic carbocycles. The molecule has 1 aliphatic heterocycles. The Balaban J connectivity index is 1.44. The lowest BCUT2D eigenvalue weighted by atomic mass is 10.1. The van der Waals surface area contributed by atoms with Crippen LogP contribution in [0.4, 0.5) is 0 Å². The summed E-state index contributed by atoms with van der Waals surface area (Å²) in [5, 5.41) is 3.87. The Morgan fingerprint density at radius 3 is 2.35 bits per heavy atom. The van der Waals surface area contributed by atoms with Crippen LogP contribution in [0.3, 0.4) is 0 Å². The number of benzene rings is 1.